The molecule has 1 N–H and O–H groups in total. The molecule has 0 spiro atoms. The summed E-state index contributed by atoms with van der Waals surface area (Å²) in [4.78, 5) is 16.1. The van der Waals surface area contributed by atoms with Gasteiger partial charge in [0.25, 0.3) is 5.91 Å². The van der Waals surface area contributed by atoms with Gasteiger partial charge in [0, 0.05) is 23.8 Å². The van der Waals surface area contributed by atoms with Crippen LogP contribution in [0.3, 0.4) is 0 Å². The quantitative estimate of drug-likeness (QED) is 0.677. The molecule has 1 amide bonds. The van der Waals surface area contributed by atoms with Gasteiger partial charge in [0.15, 0.2) is 0 Å². The number of benzene rings is 1. The first-order valence-corrected chi connectivity index (χ1v) is 11.0. The van der Waals surface area contributed by atoms with Crippen LogP contribution in [0.15, 0.2) is 41.7 Å². The molecule has 2 aliphatic rings. The number of allylic oxidation sites excluding steroid dienone is 1. The number of likely N-dealkylation sites (tertiary alicyclic amines) is 1. The highest BCUT2D eigenvalue weighted by Crippen LogP contribution is 2.40. The van der Waals surface area contributed by atoms with E-state index in [0.29, 0.717) is 10.0 Å². The van der Waals surface area contributed by atoms with Crippen molar-refractivity contribution in [2.45, 2.75) is 64.6 Å². The lowest BCUT2D eigenvalue weighted by Gasteiger charge is -2.36. The molecule has 3 heterocycles. The number of hydrogen-bond donors (Lipinski definition) is 1. The number of aromatic nitrogens is 2. The Kier molecular flexibility index (Phi) is 5.63. The molecular formula is C22H26Cl2N4O. The minimum atomic E-state index is -0.348. The maximum absolute atomic E-state index is 13.9. The van der Waals surface area contributed by atoms with E-state index in [1.54, 1.807) is 12.3 Å². The molecule has 7 heteroatoms. The van der Waals surface area contributed by atoms with E-state index in [0.717, 1.165) is 48.3 Å². The number of nitrogens with zero attached hydrogens (tertiary/aromatic N) is 3. The fourth-order valence-corrected chi connectivity index (χ4v) is 5.01. The topological polar surface area (TPSA) is 50.2 Å². The minimum absolute atomic E-state index is 0.0865. The van der Waals surface area contributed by atoms with Crippen LogP contribution in [0.1, 0.15) is 58.1 Å². The Morgan fingerprint density at radius 3 is 2.45 bits per heavy atom. The third-order valence-corrected chi connectivity index (χ3v) is 6.93. The summed E-state index contributed by atoms with van der Waals surface area (Å²) in [5, 5.41) is 8.84. The molecule has 0 saturated carbocycles. The molecule has 1 saturated heterocycles. The molecule has 0 bridgehead atoms. The number of halogens is 2. The lowest BCUT2D eigenvalue weighted by Crippen LogP contribution is -2.44. The predicted octanol–water partition coefficient (Wildman–Crippen LogP) is 5.66. The summed E-state index contributed by atoms with van der Waals surface area (Å²) >= 11 is 12.5. The van der Waals surface area contributed by atoms with Crippen LogP contribution in [-0.4, -0.2) is 32.7 Å². The summed E-state index contributed by atoms with van der Waals surface area (Å²) in [5.41, 5.74) is 2.47. The monoisotopic (exact) mass is 432 g/mol. The van der Waals surface area contributed by atoms with Crippen molar-refractivity contribution in [2.75, 3.05) is 5.32 Å². The van der Waals surface area contributed by atoms with Crippen LogP contribution in [0, 0.1) is 0 Å². The van der Waals surface area contributed by atoms with Crippen LogP contribution in [0.4, 0.5) is 5.82 Å². The Hall–Kier alpha value is -1.98. The lowest BCUT2D eigenvalue weighted by atomic mass is 9.93. The number of carbonyl (C=O) groups is 1. The highest BCUT2D eigenvalue weighted by Gasteiger charge is 2.41. The Morgan fingerprint density at radius 2 is 1.83 bits per heavy atom. The van der Waals surface area contributed by atoms with E-state index < -0.39 is 0 Å². The Labute approximate surface area is 181 Å². The van der Waals surface area contributed by atoms with E-state index in [1.165, 1.54) is 0 Å². The molecule has 29 heavy (non-hydrogen) atoms. The van der Waals surface area contributed by atoms with E-state index in [1.807, 2.05) is 29.8 Å². The summed E-state index contributed by atoms with van der Waals surface area (Å²) < 4.78 is 1.86. The maximum Gasteiger partial charge on any atom is 0.254 e. The maximum atomic E-state index is 13.9. The van der Waals surface area contributed by atoms with Crippen LogP contribution in [-0.2, 0) is 4.79 Å². The molecule has 1 aromatic carbocycles. The second kappa shape index (κ2) is 8.04. The SMILES string of the molecule is CCC1CCC(CC)N1C(=O)C1=C(C)Nc2ccnn2C1c1ccc(Cl)c(Cl)c1. The van der Waals surface area contributed by atoms with Gasteiger partial charge < -0.3 is 10.2 Å². The van der Waals surface area contributed by atoms with Gasteiger partial charge in [0.2, 0.25) is 0 Å². The van der Waals surface area contributed by atoms with Crippen LogP contribution < -0.4 is 5.32 Å². The summed E-state index contributed by atoms with van der Waals surface area (Å²) in [6.07, 6.45) is 5.79. The third kappa shape index (κ3) is 3.44. The van der Waals surface area contributed by atoms with Crippen LogP contribution in [0.25, 0.3) is 0 Å². The molecule has 0 aliphatic carbocycles. The number of amides is 1. The third-order valence-electron chi connectivity index (χ3n) is 6.19. The van der Waals surface area contributed by atoms with Gasteiger partial charge in [-0.15, -0.1) is 0 Å². The number of anilines is 1. The molecule has 1 fully saturated rings. The Balaban J connectivity index is 1.83. The first kappa shape index (κ1) is 20.3. The molecule has 3 atom stereocenters. The first-order chi connectivity index (χ1) is 14.0. The number of nitrogens with one attached hydrogen (secondary N) is 1. The molecule has 154 valence electrons. The number of carbonyl (C=O) groups excluding carboxylic acids is 1. The van der Waals surface area contributed by atoms with Crippen LogP contribution >= 0.6 is 23.2 Å². The van der Waals surface area contributed by atoms with Crippen molar-refractivity contribution in [1.82, 2.24) is 14.7 Å². The zero-order valence-electron chi connectivity index (χ0n) is 17.0. The van der Waals surface area contributed by atoms with E-state index in [-0.39, 0.29) is 24.0 Å². The second-order valence-electron chi connectivity index (χ2n) is 7.81. The summed E-state index contributed by atoms with van der Waals surface area (Å²) in [7, 11) is 0. The fourth-order valence-electron chi connectivity index (χ4n) is 4.71. The van der Waals surface area contributed by atoms with Gasteiger partial charge in [-0.1, -0.05) is 43.1 Å². The molecule has 2 aliphatic heterocycles. The van der Waals surface area contributed by atoms with Crippen molar-refractivity contribution in [3.05, 3.63) is 57.3 Å². The number of rotatable bonds is 4. The first-order valence-electron chi connectivity index (χ1n) is 10.2. The van der Waals surface area contributed by atoms with Crippen LogP contribution in [0.2, 0.25) is 10.0 Å². The normalized spacial score (nSPS) is 23.9. The average Bonchev–Trinajstić information content (AvgIpc) is 3.34. The van der Waals surface area contributed by atoms with Gasteiger partial charge in [-0.2, -0.15) is 5.10 Å². The van der Waals surface area contributed by atoms with E-state index in [4.69, 9.17) is 23.2 Å². The standard InChI is InChI=1S/C22H26Cl2N4O/c1-4-15-7-8-16(5-2)27(15)22(29)20-13(3)26-19-10-11-25-28(19)21(20)14-6-9-17(23)18(24)12-14/h6,9-12,15-16,21,26H,4-5,7-8H2,1-3H3. The lowest BCUT2D eigenvalue weighted by molar-refractivity contribution is -0.130. The van der Waals surface area contributed by atoms with Gasteiger partial charge in [0.05, 0.1) is 21.8 Å². The molecular weight excluding hydrogens is 407 g/mol. The van der Waals surface area contributed by atoms with Gasteiger partial charge >= 0.3 is 0 Å². The van der Waals surface area contributed by atoms with Crippen molar-refractivity contribution >= 4 is 34.9 Å². The van der Waals surface area contributed by atoms with E-state index in [9.17, 15) is 4.79 Å². The zero-order valence-corrected chi connectivity index (χ0v) is 18.5. The van der Waals surface area contributed by atoms with Crippen molar-refractivity contribution in [2.24, 2.45) is 0 Å². The highest BCUT2D eigenvalue weighted by atomic mass is 35.5. The molecule has 0 radical (unpaired) electrons. The minimum Gasteiger partial charge on any atom is -0.344 e. The van der Waals surface area contributed by atoms with Crippen LogP contribution in [0.5, 0.6) is 0 Å². The zero-order chi connectivity index (χ0) is 20.7. The van der Waals surface area contributed by atoms with E-state index >= 15 is 0 Å². The average molecular weight is 433 g/mol. The highest BCUT2D eigenvalue weighted by molar-refractivity contribution is 6.42. The summed E-state index contributed by atoms with van der Waals surface area (Å²) in [6.45, 7) is 6.28. The Morgan fingerprint density at radius 1 is 1.14 bits per heavy atom. The fraction of sp³-hybridized carbons (Fsp3) is 0.455. The molecule has 3 unspecified atom stereocenters. The molecule has 5 nitrogen and oxygen atoms in total. The van der Waals surface area contributed by atoms with Gasteiger partial charge in [0.1, 0.15) is 11.9 Å². The summed E-state index contributed by atoms with van der Waals surface area (Å²) in [6, 6.07) is 7.66. The van der Waals surface area contributed by atoms with Gasteiger partial charge in [-0.05, 0) is 50.3 Å². The number of fused-ring (bicyclic) bond motifs is 1. The van der Waals surface area contributed by atoms with Gasteiger partial charge in [-0.25, -0.2) is 4.68 Å². The van der Waals surface area contributed by atoms with Crippen molar-refractivity contribution in [3.63, 3.8) is 0 Å². The van der Waals surface area contributed by atoms with Crippen molar-refractivity contribution in [1.29, 1.82) is 0 Å². The second-order valence-corrected chi connectivity index (χ2v) is 8.63. The molecule has 4 rings (SSSR count). The van der Waals surface area contributed by atoms with Crippen molar-refractivity contribution < 1.29 is 4.79 Å². The predicted molar refractivity (Wildman–Crippen MR) is 117 cm³/mol. The largest absolute Gasteiger partial charge is 0.344 e. The van der Waals surface area contributed by atoms with Gasteiger partial charge in [-0.3, -0.25) is 4.79 Å². The summed E-state index contributed by atoms with van der Waals surface area (Å²) in [5.74, 6) is 0.944. The smallest absolute Gasteiger partial charge is 0.254 e. The number of hydrogen-bond acceptors (Lipinski definition) is 3. The van der Waals surface area contributed by atoms with E-state index in [2.05, 4.69) is 29.2 Å². The molecule has 2 aromatic rings. The molecule has 1 aromatic heterocycles. The van der Waals surface area contributed by atoms with Crippen molar-refractivity contribution in [3.8, 4) is 0 Å². The Bertz CT molecular complexity index is 955.